The molecule has 0 aliphatic rings. The van der Waals surface area contributed by atoms with Gasteiger partial charge in [-0.25, -0.2) is 0 Å². The van der Waals surface area contributed by atoms with Crippen LogP contribution >= 0.6 is 11.4 Å². The van der Waals surface area contributed by atoms with Crippen molar-refractivity contribution in [3.63, 3.8) is 0 Å². The minimum atomic E-state index is 0.774. The molecule has 0 spiro atoms. The number of ether oxygens (including phenoxy) is 1. The summed E-state index contributed by atoms with van der Waals surface area (Å²) >= 11 is 1.25. The van der Waals surface area contributed by atoms with Gasteiger partial charge in [-0.3, -0.25) is 0 Å². The van der Waals surface area contributed by atoms with E-state index in [-0.39, 0.29) is 0 Å². The lowest BCUT2D eigenvalue weighted by Crippen LogP contribution is -1.83. The molecule has 0 N–H and O–H groups in total. The maximum absolute atomic E-state index is 5.15. The van der Waals surface area contributed by atoms with Crippen molar-refractivity contribution in [2.75, 3.05) is 12.4 Å². The Hall–Kier alpha value is -0.340. The topological polar surface area (TPSA) is 9.23 Å². The highest BCUT2D eigenvalue weighted by molar-refractivity contribution is 7.97. The van der Waals surface area contributed by atoms with Gasteiger partial charge >= 0.3 is 0 Å². The standard InChI is InChI=1S/C13H24OS/c1-5-14-11-15-10-9-13(4)8-6-7-12(2)3/h7,9,11,15H,5-6,8,10H2,1-4H3/b13-9+. The molecule has 0 saturated heterocycles. The molecular formula is C13H24OS. The molecule has 1 nitrogen and oxygen atoms in total. The summed E-state index contributed by atoms with van der Waals surface area (Å²) in [6.07, 6.45) is 6.93. The van der Waals surface area contributed by atoms with Crippen LogP contribution in [0.3, 0.4) is 0 Å². The Morgan fingerprint density at radius 1 is 1.20 bits per heavy atom. The quantitative estimate of drug-likeness (QED) is 0.394. The summed E-state index contributed by atoms with van der Waals surface area (Å²) in [6.45, 7) is 9.28. The van der Waals surface area contributed by atoms with E-state index < -0.39 is 0 Å². The third-order valence-electron chi connectivity index (χ3n) is 1.95. The Morgan fingerprint density at radius 2 is 1.93 bits per heavy atom. The number of hydrogen-bond donors (Lipinski definition) is 1. The second-order valence-corrected chi connectivity index (χ2v) is 4.74. The molecule has 0 aromatic carbocycles. The van der Waals surface area contributed by atoms with Crippen LogP contribution in [0, 0.1) is 0 Å². The molecule has 15 heavy (non-hydrogen) atoms. The van der Waals surface area contributed by atoms with Crippen LogP contribution < -0.4 is 0 Å². The maximum Gasteiger partial charge on any atom is 0.0600 e. The second-order valence-electron chi connectivity index (χ2n) is 3.80. The van der Waals surface area contributed by atoms with Crippen LogP contribution in [0.4, 0.5) is 0 Å². The van der Waals surface area contributed by atoms with Crippen molar-refractivity contribution in [3.8, 4) is 0 Å². The zero-order chi connectivity index (χ0) is 11.5. The van der Waals surface area contributed by atoms with Gasteiger partial charge in [0.1, 0.15) is 0 Å². The van der Waals surface area contributed by atoms with Crippen LogP contribution in [-0.2, 0) is 4.74 Å². The molecule has 0 fully saturated rings. The van der Waals surface area contributed by atoms with Crippen molar-refractivity contribution in [1.29, 1.82) is 0 Å². The summed E-state index contributed by atoms with van der Waals surface area (Å²) in [5.74, 6) is 1.07. The zero-order valence-electron chi connectivity index (χ0n) is 10.4. The van der Waals surface area contributed by atoms with E-state index in [9.17, 15) is 0 Å². The molecule has 0 bridgehead atoms. The third-order valence-corrected chi connectivity index (χ3v) is 2.64. The fourth-order valence-electron chi connectivity index (χ4n) is 1.07. The Labute approximate surface area is 98.2 Å². The van der Waals surface area contributed by atoms with Crippen LogP contribution in [0.2, 0.25) is 0 Å². The first kappa shape index (κ1) is 14.7. The van der Waals surface area contributed by atoms with E-state index in [1.807, 2.05) is 12.5 Å². The van der Waals surface area contributed by atoms with Crippen molar-refractivity contribution in [1.82, 2.24) is 0 Å². The van der Waals surface area contributed by atoms with Crippen molar-refractivity contribution in [2.24, 2.45) is 0 Å². The van der Waals surface area contributed by atoms with Gasteiger partial charge in [0, 0.05) is 5.75 Å². The zero-order valence-corrected chi connectivity index (χ0v) is 11.3. The molecule has 0 amide bonds. The number of hydrogen-bond acceptors (Lipinski definition) is 1. The molecule has 0 radical (unpaired) electrons. The lowest BCUT2D eigenvalue weighted by Gasteiger charge is -1.97. The third kappa shape index (κ3) is 11.6. The SMILES string of the molecule is CCOC=[SH]C/C=C(\C)CCC=C(C)C. The molecule has 0 atom stereocenters. The predicted octanol–water partition coefficient (Wildman–Crippen LogP) is 3.94. The molecule has 2 heteroatoms. The monoisotopic (exact) mass is 228 g/mol. The smallest absolute Gasteiger partial charge is 0.0600 e. The molecular weight excluding hydrogens is 204 g/mol. The van der Waals surface area contributed by atoms with E-state index >= 15 is 0 Å². The summed E-state index contributed by atoms with van der Waals surface area (Å²) in [7, 11) is 0. The normalized spacial score (nSPS) is 12.7. The fourth-order valence-corrected chi connectivity index (χ4v) is 1.83. The Bertz CT molecular complexity index is 235. The molecule has 0 heterocycles. The van der Waals surface area contributed by atoms with Gasteiger partial charge in [-0.15, -0.1) is 0 Å². The Balaban J connectivity index is 3.65. The van der Waals surface area contributed by atoms with E-state index in [0.29, 0.717) is 0 Å². The van der Waals surface area contributed by atoms with E-state index in [0.717, 1.165) is 18.8 Å². The largest absolute Gasteiger partial charge is 0.348 e. The van der Waals surface area contributed by atoms with Crippen molar-refractivity contribution in [2.45, 2.75) is 40.5 Å². The molecule has 0 aliphatic heterocycles. The van der Waals surface area contributed by atoms with Crippen LogP contribution in [0.1, 0.15) is 40.5 Å². The van der Waals surface area contributed by atoms with E-state index in [1.165, 1.54) is 28.9 Å². The van der Waals surface area contributed by atoms with Gasteiger partial charge in [0.2, 0.25) is 0 Å². The molecule has 0 aliphatic carbocycles. The summed E-state index contributed by atoms with van der Waals surface area (Å²) < 4.78 is 5.15. The Morgan fingerprint density at radius 3 is 2.53 bits per heavy atom. The van der Waals surface area contributed by atoms with E-state index in [2.05, 4.69) is 32.9 Å². The van der Waals surface area contributed by atoms with Gasteiger partial charge in [-0.2, -0.15) is 11.4 Å². The van der Waals surface area contributed by atoms with Crippen LogP contribution in [-0.4, -0.2) is 17.9 Å². The van der Waals surface area contributed by atoms with Gasteiger partial charge in [-0.05, 0) is 40.5 Å². The highest BCUT2D eigenvalue weighted by Gasteiger charge is 1.87. The first-order valence-electron chi connectivity index (χ1n) is 5.55. The second kappa shape index (κ2) is 10.2. The van der Waals surface area contributed by atoms with Gasteiger partial charge < -0.3 is 4.74 Å². The van der Waals surface area contributed by atoms with E-state index in [1.54, 1.807) is 0 Å². The highest BCUT2D eigenvalue weighted by Crippen LogP contribution is 2.07. The average molecular weight is 228 g/mol. The number of allylic oxidation sites excluding steroid dienone is 3. The maximum atomic E-state index is 5.15. The molecule has 0 saturated carbocycles. The molecule has 0 aromatic heterocycles. The summed E-state index contributed by atoms with van der Waals surface area (Å²) in [6, 6.07) is 0. The summed E-state index contributed by atoms with van der Waals surface area (Å²) in [4.78, 5) is 0. The first-order chi connectivity index (χ1) is 7.16. The average Bonchev–Trinajstić information content (AvgIpc) is 2.17. The number of rotatable bonds is 7. The summed E-state index contributed by atoms with van der Waals surface area (Å²) in [5.41, 5.74) is 4.76. The van der Waals surface area contributed by atoms with Crippen molar-refractivity contribution < 1.29 is 4.74 Å². The van der Waals surface area contributed by atoms with Gasteiger partial charge in [0.05, 0.1) is 12.2 Å². The van der Waals surface area contributed by atoms with Crippen molar-refractivity contribution >= 4 is 16.9 Å². The molecule has 0 rings (SSSR count). The minimum absolute atomic E-state index is 0.774. The molecule has 88 valence electrons. The molecule has 0 unspecified atom stereocenters. The lowest BCUT2D eigenvalue weighted by atomic mass is 10.1. The summed E-state index contributed by atoms with van der Waals surface area (Å²) in [5, 5.41) is 0. The van der Waals surface area contributed by atoms with Gasteiger partial charge in [0.25, 0.3) is 0 Å². The van der Waals surface area contributed by atoms with Crippen LogP contribution in [0.25, 0.3) is 0 Å². The predicted molar refractivity (Wildman–Crippen MR) is 74.0 cm³/mol. The van der Waals surface area contributed by atoms with E-state index in [4.69, 9.17) is 4.74 Å². The molecule has 0 aromatic rings. The highest BCUT2D eigenvalue weighted by atomic mass is 32.1. The van der Waals surface area contributed by atoms with Crippen molar-refractivity contribution in [3.05, 3.63) is 23.3 Å². The van der Waals surface area contributed by atoms with Crippen LogP contribution in [0.5, 0.6) is 0 Å². The fraction of sp³-hybridized carbons (Fsp3) is 0.615. The van der Waals surface area contributed by atoms with Gasteiger partial charge in [-0.1, -0.05) is 23.3 Å². The lowest BCUT2D eigenvalue weighted by molar-refractivity contribution is 0.351. The van der Waals surface area contributed by atoms with Gasteiger partial charge in [0.15, 0.2) is 0 Å². The number of thiol groups is 1. The van der Waals surface area contributed by atoms with Crippen LogP contribution in [0.15, 0.2) is 23.3 Å². The minimum Gasteiger partial charge on any atom is -0.348 e. The Kier molecular flexibility index (Phi) is 9.96. The first-order valence-corrected chi connectivity index (χ1v) is 6.70.